The SMILES string of the molecule is O=C(C1=CSC=CN1C(=O)CC1Cc2ccccc2C1)N1CCSC1. The van der Waals surface area contributed by atoms with E-state index in [1.807, 2.05) is 10.3 Å². The molecule has 1 aliphatic carbocycles. The Hall–Kier alpha value is -1.66. The second-order valence-electron chi connectivity index (χ2n) is 6.54. The summed E-state index contributed by atoms with van der Waals surface area (Å²) in [6.45, 7) is 0.759. The monoisotopic (exact) mass is 372 g/mol. The zero-order valence-corrected chi connectivity index (χ0v) is 15.5. The lowest BCUT2D eigenvalue weighted by Crippen LogP contribution is -2.38. The molecule has 2 aliphatic heterocycles. The predicted molar refractivity (Wildman–Crippen MR) is 103 cm³/mol. The van der Waals surface area contributed by atoms with E-state index in [1.54, 1.807) is 28.3 Å². The Morgan fingerprint density at radius 1 is 1.16 bits per heavy atom. The summed E-state index contributed by atoms with van der Waals surface area (Å²) in [6, 6.07) is 8.41. The van der Waals surface area contributed by atoms with E-state index in [1.165, 1.54) is 22.9 Å². The molecule has 1 fully saturated rings. The zero-order valence-electron chi connectivity index (χ0n) is 13.9. The highest BCUT2D eigenvalue weighted by molar-refractivity contribution is 8.05. The molecule has 6 heteroatoms. The topological polar surface area (TPSA) is 40.6 Å². The summed E-state index contributed by atoms with van der Waals surface area (Å²) in [4.78, 5) is 29.0. The molecule has 0 atom stereocenters. The lowest BCUT2D eigenvalue weighted by atomic mass is 10.0. The predicted octanol–water partition coefficient (Wildman–Crippen LogP) is 3.21. The van der Waals surface area contributed by atoms with Gasteiger partial charge in [0.1, 0.15) is 5.70 Å². The number of benzene rings is 1. The molecule has 4 nitrogen and oxygen atoms in total. The lowest BCUT2D eigenvalue weighted by Gasteiger charge is -2.27. The average Bonchev–Trinajstić information content (AvgIpc) is 3.30. The van der Waals surface area contributed by atoms with Gasteiger partial charge in [-0.2, -0.15) is 0 Å². The molecule has 0 unspecified atom stereocenters. The largest absolute Gasteiger partial charge is 0.327 e. The van der Waals surface area contributed by atoms with Crippen LogP contribution in [0.5, 0.6) is 0 Å². The molecule has 130 valence electrons. The molecule has 2 heterocycles. The molecule has 4 rings (SSSR count). The van der Waals surface area contributed by atoms with Crippen molar-refractivity contribution >= 4 is 35.3 Å². The van der Waals surface area contributed by atoms with E-state index in [-0.39, 0.29) is 11.8 Å². The Labute approximate surface area is 156 Å². The Morgan fingerprint density at radius 3 is 2.60 bits per heavy atom. The molecule has 0 N–H and O–H groups in total. The minimum Gasteiger partial charge on any atom is -0.327 e. The molecule has 1 saturated heterocycles. The van der Waals surface area contributed by atoms with E-state index in [9.17, 15) is 9.59 Å². The van der Waals surface area contributed by atoms with Crippen LogP contribution in [0.2, 0.25) is 0 Å². The van der Waals surface area contributed by atoms with Crippen molar-refractivity contribution in [3.63, 3.8) is 0 Å². The van der Waals surface area contributed by atoms with Crippen LogP contribution in [0.25, 0.3) is 0 Å². The number of nitrogens with zero attached hydrogens (tertiary/aromatic N) is 2. The van der Waals surface area contributed by atoms with Crippen LogP contribution in [0.3, 0.4) is 0 Å². The van der Waals surface area contributed by atoms with Crippen LogP contribution in [0.15, 0.2) is 47.0 Å². The molecule has 0 spiro atoms. The van der Waals surface area contributed by atoms with Crippen LogP contribution >= 0.6 is 23.5 Å². The zero-order chi connectivity index (χ0) is 17.2. The maximum absolute atomic E-state index is 12.9. The first-order valence-electron chi connectivity index (χ1n) is 8.50. The highest BCUT2D eigenvalue weighted by atomic mass is 32.2. The normalized spacial score (nSPS) is 19.9. The standard InChI is InChI=1S/C19H20N2O2S2/c22-18(11-14-9-15-3-1-2-4-16(15)10-14)21-6-8-24-12-17(21)19(23)20-5-7-25-13-20/h1-4,6,8,12,14H,5,7,9-11,13H2. The first-order chi connectivity index (χ1) is 12.2. The fourth-order valence-electron chi connectivity index (χ4n) is 3.58. The fraction of sp³-hybridized carbons (Fsp3) is 0.368. The summed E-state index contributed by atoms with van der Waals surface area (Å²) >= 11 is 3.21. The Kier molecular flexibility index (Phi) is 4.90. The van der Waals surface area contributed by atoms with Gasteiger partial charge in [-0.15, -0.1) is 23.5 Å². The minimum atomic E-state index is -0.0371. The highest BCUT2D eigenvalue weighted by Crippen LogP contribution is 2.31. The van der Waals surface area contributed by atoms with E-state index in [0.717, 1.165) is 25.1 Å². The van der Waals surface area contributed by atoms with E-state index in [4.69, 9.17) is 0 Å². The third-order valence-corrected chi connectivity index (χ3v) is 6.46. The quantitative estimate of drug-likeness (QED) is 0.817. The maximum atomic E-state index is 12.9. The van der Waals surface area contributed by atoms with Gasteiger partial charge in [0.15, 0.2) is 0 Å². The molecule has 25 heavy (non-hydrogen) atoms. The van der Waals surface area contributed by atoms with Crippen LogP contribution in [0.4, 0.5) is 0 Å². The van der Waals surface area contributed by atoms with Gasteiger partial charge < -0.3 is 4.90 Å². The highest BCUT2D eigenvalue weighted by Gasteiger charge is 2.31. The summed E-state index contributed by atoms with van der Waals surface area (Å²) in [5, 5.41) is 3.66. The van der Waals surface area contributed by atoms with Crippen molar-refractivity contribution in [3.05, 3.63) is 58.1 Å². The maximum Gasteiger partial charge on any atom is 0.272 e. The Bertz CT molecular complexity index is 729. The van der Waals surface area contributed by atoms with E-state index < -0.39 is 0 Å². The van der Waals surface area contributed by atoms with Crippen molar-refractivity contribution in [2.24, 2.45) is 5.92 Å². The van der Waals surface area contributed by atoms with Gasteiger partial charge in [0, 0.05) is 30.3 Å². The summed E-state index contributed by atoms with van der Waals surface area (Å²) in [5.41, 5.74) is 3.20. The Morgan fingerprint density at radius 2 is 1.92 bits per heavy atom. The number of carbonyl (C=O) groups excluding carboxylic acids is 2. The van der Waals surface area contributed by atoms with E-state index in [0.29, 0.717) is 23.9 Å². The van der Waals surface area contributed by atoms with Gasteiger partial charge in [0.25, 0.3) is 5.91 Å². The van der Waals surface area contributed by atoms with Gasteiger partial charge in [0.2, 0.25) is 5.91 Å². The third kappa shape index (κ3) is 3.51. The molecule has 2 amide bonds. The minimum absolute atomic E-state index is 0.0146. The van der Waals surface area contributed by atoms with Crippen LogP contribution < -0.4 is 0 Å². The van der Waals surface area contributed by atoms with Crippen molar-refractivity contribution < 1.29 is 9.59 Å². The van der Waals surface area contributed by atoms with Crippen molar-refractivity contribution in [2.75, 3.05) is 18.2 Å². The van der Waals surface area contributed by atoms with E-state index >= 15 is 0 Å². The van der Waals surface area contributed by atoms with Crippen molar-refractivity contribution in [1.29, 1.82) is 0 Å². The van der Waals surface area contributed by atoms with Gasteiger partial charge >= 0.3 is 0 Å². The van der Waals surface area contributed by atoms with Gasteiger partial charge in [-0.3, -0.25) is 14.5 Å². The van der Waals surface area contributed by atoms with Crippen molar-refractivity contribution in [1.82, 2.24) is 9.80 Å². The summed E-state index contributed by atoms with van der Waals surface area (Å²) in [5.74, 6) is 1.98. The van der Waals surface area contributed by atoms with Crippen LogP contribution in [0, 0.1) is 5.92 Å². The number of thioether (sulfide) groups is 2. The van der Waals surface area contributed by atoms with Gasteiger partial charge in [0.05, 0.1) is 5.88 Å². The molecule has 0 radical (unpaired) electrons. The number of rotatable bonds is 3. The molecule has 0 saturated carbocycles. The Balaban J connectivity index is 1.43. The second kappa shape index (κ2) is 7.30. The lowest BCUT2D eigenvalue weighted by molar-refractivity contribution is -0.134. The molecule has 0 bridgehead atoms. The molecule has 1 aromatic rings. The molecular weight excluding hydrogens is 352 g/mol. The first kappa shape index (κ1) is 16.8. The summed E-state index contributed by atoms with van der Waals surface area (Å²) in [6.07, 6.45) is 4.11. The van der Waals surface area contributed by atoms with Crippen molar-refractivity contribution in [3.8, 4) is 0 Å². The number of amides is 2. The average molecular weight is 373 g/mol. The third-order valence-electron chi connectivity index (χ3n) is 4.85. The number of hydrogen-bond acceptors (Lipinski definition) is 4. The number of fused-ring (bicyclic) bond motifs is 1. The van der Waals surface area contributed by atoms with Gasteiger partial charge in [-0.05, 0) is 35.3 Å². The van der Waals surface area contributed by atoms with E-state index in [2.05, 4.69) is 24.3 Å². The molecular formula is C19H20N2O2S2. The van der Waals surface area contributed by atoms with Crippen molar-refractivity contribution in [2.45, 2.75) is 19.3 Å². The van der Waals surface area contributed by atoms with Crippen LogP contribution in [-0.2, 0) is 22.4 Å². The summed E-state index contributed by atoms with van der Waals surface area (Å²) in [7, 11) is 0. The fourth-order valence-corrected chi connectivity index (χ4v) is 5.14. The summed E-state index contributed by atoms with van der Waals surface area (Å²) < 4.78 is 0. The molecule has 3 aliphatic rings. The molecule has 0 aromatic heterocycles. The molecule has 1 aromatic carbocycles. The van der Waals surface area contributed by atoms with Crippen LogP contribution in [-0.4, -0.2) is 39.8 Å². The van der Waals surface area contributed by atoms with Gasteiger partial charge in [-0.1, -0.05) is 24.3 Å². The van der Waals surface area contributed by atoms with Crippen LogP contribution in [0.1, 0.15) is 17.5 Å². The first-order valence-corrected chi connectivity index (χ1v) is 10.6. The second-order valence-corrected chi connectivity index (χ2v) is 8.40. The smallest absolute Gasteiger partial charge is 0.272 e. The van der Waals surface area contributed by atoms with Gasteiger partial charge in [-0.25, -0.2) is 0 Å². The number of carbonyl (C=O) groups is 2. The number of hydrogen-bond donors (Lipinski definition) is 0.